The molecule has 17 heavy (non-hydrogen) atoms. The Hall–Kier alpha value is -2.04. The van der Waals surface area contributed by atoms with Crippen LogP contribution in [0.25, 0.3) is 0 Å². The van der Waals surface area contributed by atoms with Gasteiger partial charge in [0.05, 0.1) is 11.4 Å². The Morgan fingerprint density at radius 1 is 1.47 bits per heavy atom. The molecule has 0 saturated heterocycles. The number of anilines is 2. The Morgan fingerprint density at radius 2 is 2.24 bits per heavy atom. The molecule has 2 N–H and O–H groups in total. The molecule has 1 heterocycles. The molecule has 1 aromatic rings. The van der Waals surface area contributed by atoms with Gasteiger partial charge in [-0.25, -0.2) is 4.79 Å². The van der Waals surface area contributed by atoms with Gasteiger partial charge < -0.3 is 10.6 Å². The van der Waals surface area contributed by atoms with Gasteiger partial charge in [0.25, 0.3) is 0 Å². The third-order valence-corrected chi connectivity index (χ3v) is 2.54. The van der Waals surface area contributed by atoms with Crippen molar-refractivity contribution in [2.45, 2.75) is 13.3 Å². The van der Waals surface area contributed by atoms with Crippen molar-refractivity contribution in [2.24, 2.45) is 0 Å². The van der Waals surface area contributed by atoms with E-state index >= 15 is 0 Å². The van der Waals surface area contributed by atoms with E-state index in [4.69, 9.17) is 0 Å². The predicted molar refractivity (Wildman–Crippen MR) is 66.1 cm³/mol. The number of carbonyl (C=O) groups excluding carboxylic acids is 2. The van der Waals surface area contributed by atoms with Crippen LogP contribution in [0.15, 0.2) is 24.3 Å². The number of benzene rings is 1. The van der Waals surface area contributed by atoms with Crippen molar-refractivity contribution in [1.29, 1.82) is 0 Å². The molecule has 0 fully saturated rings. The smallest absolute Gasteiger partial charge is 0.322 e. The molecule has 0 aliphatic carbocycles. The Kier molecular flexibility index (Phi) is 3.27. The largest absolute Gasteiger partial charge is 0.338 e. The first-order valence-electron chi connectivity index (χ1n) is 5.66. The normalized spacial score (nSPS) is 13.9. The second-order valence-corrected chi connectivity index (χ2v) is 3.88. The number of carbonyl (C=O) groups is 2. The molecule has 1 aromatic carbocycles. The van der Waals surface area contributed by atoms with E-state index in [-0.39, 0.29) is 18.5 Å². The molecule has 3 amide bonds. The fourth-order valence-corrected chi connectivity index (χ4v) is 1.74. The van der Waals surface area contributed by atoms with Gasteiger partial charge in [-0.3, -0.25) is 9.69 Å². The second-order valence-electron chi connectivity index (χ2n) is 3.88. The first-order chi connectivity index (χ1) is 8.22. The maximum atomic E-state index is 11.9. The fourth-order valence-electron chi connectivity index (χ4n) is 1.74. The first-order valence-corrected chi connectivity index (χ1v) is 5.66. The Balaban J connectivity index is 2.23. The minimum absolute atomic E-state index is 0.0621. The summed E-state index contributed by atoms with van der Waals surface area (Å²) in [7, 11) is 0. The Morgan fingerprint density at radius 3 is 3.00 bits per heavy atom. The highest BCUT2D eigenvalue weighted by Gasteiger charge is 2.25. The van der Waals surface area contributed by atoms with Crippen LogP contribution in [0.4, 0.5) is 16.2 Å². The Labute approximate surface area is 99.8 Å². The van der Waals surface area contributed by atoms with Crippen molar-refractivity contribution in [3.63, 3.8) is 0 Å². The van der Waals surface area contributed by atoms with Crippen LogP contribution in [0.2, 0.25) is 0 Å². The van der Waals surface area contributed by atoms with Crippen molar-refractivity contribution in [3.05, 3.63) is 24.3 Å². The van der Waals surface area contributed by atoms with Crippen molar-refractivity contribution < 1.29 is 9.59 Å². The number of fused-ring (bicyclic) bond motifs is 1. The third kappa shape index (κ3) is 2.38. The van der Waals surface area contributed by atoms with E-state index < -0.39 is 0 Å². The summed E-state index contributed by atoms with van der Waals surface area (Å²) in [5.74, 6) is -0.171. The highest BCUT2D eigenvalue weighted by molar-refractivity contribution is 6.09. The van der Waals surface area contributed by atoms with Gasteiger partial charge in [0.2, 0.25) is 5.91 Å². The number of amides is 3. The molecule has 5 heteroatoms. The van der Waals surface area contributed by atoms with Crippen molar-refractivity contribution >= 4 is 23.3 Å². The highest BCUT2D eigenvalue weighted by Crippen LogP contribution is 2.28. The number of rotatable bonds is 2. The summed E-state index contributed by atoms with van der Waals surface area (Å²) >= 11 is 0. The van der Waals surface area contributed by atoms with Crippen LogP contribution in [-0.2, 0) is 4.79 Å². The summed E-state index contributed by atoms with van der Waals surface area (Å²) in [4.78, 5) is 24.8. The molecule has 0 spiro atoms. The van der Waals surface area contributed by atoms with Crippen LogP contribution in [0.3, 0.4) is 0 Å². The number of nitrogens with zero attached hydrogens (tertiary/aromatic N) is 1. The molecule has 1 aliphatic rings. The van der Waals surface area contributed by atoms with Gasteiger partial charge in [-0.15, -0.1) is 0 Å². The number of nitrogens with one attached hydrogen (secondary N) is 2. The number of urea groups is 1. The summed E-state index contributed by atoms with van der Waals surface area (Å²) < 4.78 is 0. The average molecular weight is 233 g/mol. The molecular weight excluding hydrogens is 218 g/mol. The van der Waals surface area contributed by atoms with Gasteiger partial charge in [0.15, 0.2) is 0 Å². The zero-order valence-corrected chi connectivity index (χ0v) is 9.69. The van der Waals surface area contributed by atoms with Crippen LogP contribution in [-0.4, -0.2) is 25.0 Å². The van der Waals surface area contributed by atoms with E-state index in [2.05, 4.69) is 10.6 Å². The molecule has 0 atom stereocenters. The maximum Gasteiger partial charge on any atom is 0.322 e. The molecule has 0 aromatic heterocycles. The standard InChI is InChI=1S/C12H15N3O2/c1-2-7-13-12(17)15-8-11(16)14-9-5-3-4-6-10(9)15/h3-6H,2,7-8H2,1H3,(H,13,17)(H,14,16). The SMILES string of the molecule is CCCNC(=O)N1CC(=O)Nc2ccccc21. The molecule has 0 saturated carbocycles. The van der Waals surface area contributed by atoms with E-state index in [1.54, 1.807) is 6.07 Å². The lowest BCUT2D eigenvalue weighted by molar-refractivity contribution is -0.115. The molecular formula is C12H15N3O2. The van der Waals surface area contributed by atoms with Crippen LogP contribution in [0.1, 0.15) is 13.3 Å². The van der Waals surface area contributed by atoms with Gasteiger partial charge in [0, 0.05) is 6.54 Å². The van der Waals surface area contributed by atoms with Crippen molar-refractivity contribution in [1.82, 2.24) is 5.32 Å². The van der Waals surface area contributed by atoms with E-state index in [0.717, 1.165) is 12.1 Å². The summed E-state index contributed by atoms with van der Waals surface area (Å²) in [6.07, 6.45) is 0.868. The lowest BCUT2D eigenvalue weighted by Crippen LogP contribution is -2.47. The van der Waals surface area contributed by atoms with Crippen LogP contribution in [0, 0.1) is 0 Å². The number of para-hydroxylation sites is 2. The van der Waals surface area contributed by atoms with Gasteiger partial charge in [0.1, 0.15) is 6.54 Å². The molecule has 90 valence electrons. The van der Waals surface area contributed by atoms with Gasteiger partial charge in [-0.2, -0.15) is 0 Å². The van der Waals surface area contributed by atoms with E-state index in [9.17, 15) is 9.59 Å². The topological polar surface area (TPSA) is 61.4 Å². The summed E-state index contributed by atoms with van der Waals surface area (Å²) in [6.45, 7) is 2.66. The summed E-state index contributed by atoms with van der Waals surface area (Å²) in [6, 6.07) is 7.05. The quantitative estimate of drug-likeness (QED) is 0.814. The second kappa shape index (κ2) is 4.86. The van der Waals surface area contributed by atoms with E-state index in [1.165, 1.54) is 4.90 Å². The van der Waals surface area contributed by atoms with E-state index in [1.807, 2.05) is 25.1 Å². The zero-order valence-electron chi connectivity index (χ0n) is 9.69. The fraction of sp³-hybridized carbons (Fsp3) is 0.333. The van der Waals surface area contributed by atoms with E-state index in [0.29, 0.717) is 12.2 Å². The van der Waals surface area contributed by atoms with Crippen LogP contribution < -0.4 is 15.5 Å². The highest BCUT2D eigenvalue weighted by atomic mass is 16.2. The zero-order chi connectivity index (χ0) is 12.3. The molecule has 0 radical (unpaired) electrons. The van der Waals surface area contributed by atoms with Crippen molar-refractivity contribution in [3.8, 4) is 0 Å². The minimum atomic E-state index is -0.228. The van der Waals surface area contributed by atoms with Crippen LogP contribution in [0.5, 0.6) is 0 Å². The predicted octanol–water partition coefficient (Wildman–Crippen LogP) is 1.56. The van der Waals surface area contributed by atoms with Gasteiger partial charge in [-0.05, 0) is 18.6 Å². The average Bonchev–Trinajstić information content (AvgIpc) is 2.34. The van der Waals surface area contributed by atoms with Gasteiger partial charge in [-0.1, -0.05) is 19.1 Å². The molecule has 1 aliphatic heterocycles. The van der Waals surface area contributed by atoms with Crippen LogP contribution >= 0.6 is 0 Å². The molecule has 5 nitrogen and oxygen atoms in total. The first kappa shape index (κ1) is 11.4. The third-order valence-electron chi connectivity index (χ3n) is 2.54. The molecule has 2 rings (SSSR count). The lowest BCUT2D eigenvalue weighted by atomic mass is 10.2. The molecule has 0 unspecified atom stereocenters. The lowest BCUT2D eigenvalue weighted by Gasteiger charge is -2.29. The van der Waals surface area contributed by atoms with Gasteiger partial charge >= 0.3 is 6.03 Å². The maximum absolute atomic E-state index is 11.9. The summed E-state index contributed by atoms with van der Waals surface area (Å²) in [5, 5.41) is 5.51. The van der Waals surface area contributed by atoms with Crippen molar-refractivity contribution in [2.75, 3.05) is 23.3 Å². The number of hydrogen-bond donors (Lipinski definition) is 2. The monoisotopic (exact) mass is 233 g/mol. The molecule has 0 bridgehead atoms. The summed E-state index contributed by atoms with van der Waals surface area (Å²) in [5.41, 5.74) is 1.41. The Bertz CT molecular complexity index is 445. The number of hydrogen-bond acceptors (Lipinski definition) is 2. The minimum Gasteiger partial charge on any atom is -0.338 e.